The zero-order valence-corrected chi connectivity index (χ0v) is 12.2. The highest BCUT2D eigenvalue weighted by Gasteiger charge is 2.44. The van der Waals surface area contributed by atoms with Crippen LogP contribution in [0, 0.1) is 18.3 Å². The van der Waals surface area contributed by atoms with Gasteiger partial charge in [0.15, 0.2) is 0 Å². The summed E-state index contributed by atoms with van der Waals surface area (Å²) in [6.07, 6.45) is 0.829. The molecule has 0 aromatic carbocycles. The van der Waals surface area contributed by atoms with Crippen LogP contribution in [0.2, 0.25) is 5.15 Å². The smallest absolute Gasteiger partial charge is 0.234 e. The van der Waals surface area contributed by atoms with E-state index >= 15 is 0 Å². The van der Waals surface area contributed by atoms with Crippen molar-refractivity contribution in [3.8, 4) is 0 Å². The molecule has 6 heteroatoms. The molecule has 5 nitrogen and oxygen atoms in total. The highest BCUT2D eigenvalue weighted by Crippen LogP contribution is 2.35. The Balaban J connectivity index is 2.20. The Morgan fingerprint density at radius 3 is 2.79 bits per heavy atom. The van der Waals surface area contributed by atoms with Crippen LogP contribution in [0.25, 0.3) is 0 Å². The van der Waals surface area contributed by atoms with Gasteiger partial charge in [-0.25, -0.2) is 9.97 Å². The summed E-state index contributed by atoms with van der Waals surface area (Å²) in [6, 6.07) is 1.66. The Bertz CT molecular complexity index is 463. The molecule has 0 bridgehead atoms. The van der Waals surface area contributed by atoms with Crippen molar-refractivity contribution in [1.82, 2.24) is 15.3 Å². The molecular formula is C13H19ClN4O. The number of aromatic nitrogens is 2. The summed E-state index contributed by atoms with van der Waals surface area (Å²) < 4.78 is 0. The standard InChI is InChI=1S/C13H19ClN4O/c1-8(2)13(4-5-15-7-13)11(19)18-12-16-9(3)6-10(14)17-12/h6,8,15H,4-5,7H2,1-3H3,(H,16,17,18,19). The molecular weight excluding hydrogens is 264 g/mol. The number of amides is 1. The van der Waals surface area contributed by atoms with Gasteiger partial charge in [-0.05, 0) is 31.9 Å². The topological polar surface area (TPSA) is 66.9 Å². The van der Waals surface area contributed by atoms with E-state index in [2.05, 4.69) is 34.4 Å². The molecule has 1 aliphatic heterocycles. The fourth-order valence-corrected chi connectivity index (χ4v) is 2.71. The molecule has 1 aliphatic rings. The minimum absolute atomic E-state index is 0.0332. The van der Waals surface area contributed by atoms with Crippen molar-refractivity contribution < 1.29 is 4.79 Å². The van der Waals surface area contributed by atoms with Gasteiger partial charge in [-0.2, -0.15) is 0 Å². The van der Waals surface area contributed by atoms with Crippen LogP contribution in [0.5, 0.6) is 0 Å². The van der Waals surface area contributed by atoms with E-state index in [1.54, 1.807) is 6.07 Å². The number of aryl methyl sites for hydroxylation is 1. The van der Waals surface area contributed by atoms with E-state index in [9.17, 15) is 4.79 Å². The average molecular weight is 283 g/mol. The van der Waals surface area contributed by atoms with Crippen molar-refractivity contribution in [2.75, 3.05) is 18.4 Å². The Morgan fingerprint density at radius 2 is 2.26 bits per heavy atom. The number of anilines is 1. The van der Waals surface area contributed by atoms with Crippen molar-refractivity contribution in [3.05, 3.63) is 16.9 Å². The lowest BCUT2D eigenvalue weighted by molar-refractivity contribution is -0.126. The van der Waals surface area contributed by atoms with E-state index < -0.39 is 0 Å². The number of carbonyl (C=O) groups is 1. The number of nitrogens with zero attached hydrogens (tertiary/aromatic N) is 2. The minimum Gasteiger partial charge on any atom is -0.316 e. The number of hydrogen-bond donors (Lipinski definition) is 2. The molecule has 1 atom stereocenters. The normalized spacial score (nSPS) is 22.8. The van der Waals surface area contributed by atoms with Gasteiger partial charge >= 0.3 is 0 Å². The van der Waals surface area contributed by atoms with Crippen LogP contribution in [0.1, 0.15) is 26.0 Å². The van der Waals surface area contributed by atoms with Crippen LogP contribution in [-0.2, 0) is 4.79 Å². The summed E-state index contributed by atoms with van der Waals surface area (Å²) in [5.74, 6) is 0.499. The van der Waals surface area contributed by atoms with Crippen LogP contribution in [0.15, 0.2) is 6.07 Å². The van der Waals surface area contributed by atoms with Crippen molar-refractivity contribution in [1.29, 1.82) is 0 Å². The molecule has 1 fully saturated rings. The van der Waals surface area contributed by atoms with Crippen LogP contribution >= 0.6 is 11.6 Å². The minimum atomic E-state index is -0.389. The zero-order chi connectivity index (χ0) is 14.0. The highest BCUT2D eigenvalue weighted by molar-refractivity contribution is 6.29. The largest absolute Gasteiger partial charge is 0.316 e. The van der Waals surface area contributed by atoms with Crippen LogP contribution in [0.3, 0.4) is 0 Å². The molecule has 0 radical (unpaired) electrons. The first-order chi connectivity index (χ1) is 8.94. The van der Waals surface area contributed by atoms with E-state index in [-0.39, 0.29) is 23.2 Å². The van der Waals surface area contributed by atoms with E-state index in [1.165, 1.54) is 0 Å². The van der Waals surface area contributed by atoms with Gasteiger partial charge in [0.2, 0.25) is 11.9 Å². The third-order valence-electron chi connectivity index (χ3n) is 3.79. The van der Waals surface area contributed by atoms with Gasteiger partial charge in [0.05, 0.1) is 5.41 Å². The molecule has 1 aromatic heterocycles. The number of carbonyl (C=O) groups excluding carboxylic acids is 1. The van der Waals surface area contributed by atoms with Crippen LogP contribution < -0.4 is 10.6 Å². The summed E-state index contributed by atoms with van der Waals surface area (Å²) in [5.41, 5.74) is 0.345. The zero-order valence-electron chi connectivity index (χ0n) is 11.5. The lowest BCUT2D eigenvalue weighted by Gasteiger charge is -2.30. The maximum Gasteiger partial charge on any atom is 0.234 e. The highest BCUT2D eigenvalue weighted by atomic mass is 35.5. The van der Waals surface area contributed by atoms with E-state index in [1.807, 2.05) is 6.92 Å². The summed E-state index contributed by atoms with van der Waals surface area (Å²) in [7, 11) is 0. The third-order valence-corrected chi connectivity index (χ3v) is 3.99. The summed E-state index contributed by atoms with van der Waals surface area (Å²) in [6.45, 7) is 7.50. The Labute approximate surface area is 118 Å². The Morgan fingerprint density at radius 1 is 1.53 bits per heavy atom. The van der Waals surface area contributed by atoms with Gasteiger partial charge in [0.25, 0.3) is 0 Å². The second-order valence-electron chi connectivity index (χ2n) is 5.35. The summed E-state index contributed by atoms with van der Waals surface area (Å²) >= 11 is 5.88. The first-order valence-corrected chi connectivity index (χ1v) is 6.85. The fourth-order valence-electron chi connectivity index (χ4n) is 2.47. The molecule has 1 unspecified atom stereocenters. The number of hydrogen-bond acceptors (Lipinski definition) is 4. The maximum atomic E-state index is 12.5. The molecule has 1 saturated heterocycles. The van der Waals surface area contributed by atoms with Gasteiger partial charge < -0.3 is 5.32 Å². The SMILES string of the molecule is Cc1cc(Cl)nc(NC(=O)C2(C(C)C)CCNC2)n1. The maximum absolute atomic E-state index is 12.5. The van der Waals surface area contributed by atoms with Gasteiger partial charge in [-0.15, -0.1) is 0 Å². The Hall–Kier alpha value is -1.20. The molecule has 1 aromatic rings. The fraction of sp³-hybridized carbons (Fsp3) is 0.615. The van der Waals surface area contributed by atoms with Crippen molar-refractivity contribution in [2.45, 2.75) is 27.2 Å². The molecule has 2 rings (SSSR count). The number of halogens is 1. The average Bonchev–Trinajstić information content (AvgIpc) is 2.77. The molecule has 0 saturated carbocycles. The van der Waals surface area contributed by atoms with Gasteiger partial charge in [0, 0.05) is 12.2 Å². The van der Waals surface area contributed by atoms with E-state index in [0.29, 0.717) is 11.7 Å². The molecule has 104 valence electrons. The van der Waals surface area contributed by atoms with Crippen LogP contribution in [0.4, 0.5) is 5.95 Å². The second-order valence-corrected chi connectivity index (χ2v) is 5.73. The molecule has 2 heterocycles. The van der Waals surface area contributed by atoms with Gasteiger partial charge in [-0.1, -0.05) is 25.4 Å². The monoisotopic (exact) mass is 282 g/mol. The summed E-state index contributed by atoms with van der Waals surface area (Å²) in [4.78, 5) is 20.8. The number of nitrogens with one attached hydrogen (secondary N) is 2. The predicted molar refractivity (Wildman–Crippen MR) is 75.2 cm³/mol. The Kier molecular flexibility index (Phi) is 4.06. The van der Waals surface area contributed by atoms with E-state index in [0.717, 1.165) is 18.7 Å². The van der Waals surface area contributed by atoms with Gasteiger partial charge in [-0.3, -0.25) is 10.1 Å². The molecule has 1 amide bonds. The first-order valence-electron chi connectivity index (χ1n) is 6.47. The lowest BCUT2D eigenvalue weighted by atomic mass is 9.75. The molecule has 2 N–H and O–H groups in total. The molecule has 0 aliphatic carbocycles. The number of rotatable bonds is 3. The quantitative estimate of drug-likeness (QED) is 0.833. The van der Waals surface area contributed by atoms with Gasteiger partial charge in [0.1, 0.15) is 5.15 Å². The molecule has 0 spiro atoms. The van der Waals surface area contributed by atoms with Crippen LogP contribution in [-0.4, -0.2) is 29.0 Å². The lowest BCUT2D eigenvalue weighted by Crippen LogP contribution is -2.42. The first kappa shape index (κ1) is 14.2. The van der Waals surface area contributed by atoms with Crippen molar-refractivity contribution in [3.63, 3.8) is 0 Å². The molecule has 19 heavy (non-hydrogen) atoms. The third kappa shape index (κ3) is 2.87. The van der Waals surface area contributed by atoms with E-state index in [4.69, 9.17) is 11.6 Å². The van der Waals surface area contributed by atoms with Crippen molar-refractivity contribution >= 4 is 23.5 Å². The second kappa shape index (κ2) is 5.43. The van der Waals surface area contributed by atoms with Crippen molar-refractivity contribution in [2.24, 2.45) is 11.3 Å². The predicted octanol–water partition coefficient (Wildman–Crippen LogP) is 2.01. The summed E-state index contributed by atoms with van der Waals surface area (Å²) in [5, 5.41) is 6.40.